The van der Waals surface area contributed by atoms with Crippen LogP contribution in [0.25, 0.3) is 0 Å². The molecule has 0 unspecified atom stereocenters. The number of ether oxygens (including phenoxy) is 2. The van der Waals surface area contributed by atoms with Crippen LogP contribution in [0.1, 0.15) is 56.2 Å². The van der Waals surface area contributed by atoms with Gasteiger partial charge in [-0.3, -0.25) is 0 Å². The number of benzene rings is 1. The summed E-state index contributed by atoms with van der Waals surface area (Å²) in [5.74, 6) is 0.919. The number of aryl methyl sites for hydroxylation is 2. The molecule has 0 aliphatic heterocycles. The molecule has 22 heavy (non-hydrogen) atoms. The zero-order chi connectivity index (χ0) is 16.4. The minimum atomic E-state index is -0.353. The maximum Gasteiger partial charge on any atom is 0.407 e. The maximum atomic E-state index is 11.6. The number of unbranched alkanes of at least 4 members (excludes halogenated alkanes) is 2. The van der Waals surface area contributed by atoms with E-state index in [-0.39, 0.29) is 6.09 Å². The molecule has 4 nitrogen and oxygen atoms in total. The Bertz CT molecular complexity index is 472. The lowest BCUT2D eigenvalue weighted by molar-refractivity contribution is 0.139. The molecule has 0 spiro atoms. The quantitative estimate of drug-likeness (QED) is 0.683. The summed E-state index contributed by atoms with van der Waals surface area (Å²) in [5, 5.41) is 2.75. The summed E-state index contributed by atoms with van der Waals surface area (Å²) in [6.07, 6.45) is 3.85. The molecule has 4 heteroatoms. The number of hydrogen-bond acceptors (Lipinski definition) is 3. The van der Waals surface area contributed by atoms with Crippen LogP contribution in [0, 0.1) is 13.8 Å². The Hall–Kier alpha value is -1.71. The average molecular weight is 307 g/mol. The van der Waals surface area contributed by atoms with Crippen LogP contribution in [0.2, 0.25) is 0 Å². The average Bonchev–Trinajstić information content (AvgIpc) is 2.49. The van der Waals surface area contributed by atoms with E-state index in [2.05, 4.69) is 19.2 Å². The van der Waals surface area contributed by atoms with E-state index in [1.54, 1.807) is 0 Å². The van der Waals surface area contributed by atoms with Crippen LogP contribution in [-0.2, 0) is 11.3 Å². The minimum absolute atomic E-state index is 0.292. The molecule has 1 amide bonds. The van der Waals surface area contributed by atoms with Gasteiger partial charge in [-0.05, 0) is 55.5 Å². The highest BCUT2D eigenvalue weighted by molar-refractivity contribution is 5.67. The van der Waals surface area contributed by atoms with Crippen molar-refractivity contribution in [3.63, 3.8) is 0 Å². The van der Waals surface area contributed by atoms with Gasteiger partial charge in [0.1, 0.15) is 12.4 Å². The lowest BCUT2D eigenvalue weighted by Crippen LogP contribution is -2.25. The van der Waals surface area contributed by atoms with Gasteiger partial charge in [-0.25, -0.2) is 4.79 Å². The van der Waals surface area contributed by atoms with Crippen molar-refractivity contribution in [2.24, 2.45) is 0 Å². The highest BCUT2D eigenvalue weighted by Crippen LogP contribution is 2.23. The molecule has 0 saturated heterocycles. The number of carbonyl (C=O) groups excluding carboxylic acids is 1. The first-order valence-electron chi connectivity index (χ1n) is 8.22. The van der Waals surface area contributed by atoms with Gasteiger partial charge >= 0.3 is 6.09 Å². The third-order valence-corrected chi connectivity index (χ3v) is 3.55. The van der Waals surface area contributed by atoms with Gasteiger partial charge in [-0.1, -0.05) is 26.7 Å². The zero-order valence-corrected chi connectivity index (χ0v) is 14.3. The summed E-state index contributed by atoms with van der Waals surface area (Å²) in [4.78, 5) is 11.6. The van der Waals surface area contributed by atoms with Gasteiger partial charge in [0.2, 0.25) is 0 Å². The number of amides is 1. The molecule has 0 aliphatic carbocycles. The zero-order valence-electron chi connectivity index (χ0n) is 14.3. The van der Waals surface area contributed by atoms with Crippen LogP contribution in [0.5, 0.6) is 5.75 Å². The summed E-state index contributed by atoms with van der Waals surface area (Å²) in [6.45, 7) is 9.96. The summed E-state index contributed by atoms with van der Waals surface area (Å²) < 4.78 is 11.0. The molecule has 0 saturated carbocycles. The van der Waals surface area contributed by atoms with Crippen LogP contribution < -0.4 is 10.1 Å². The number of alkyl carbamates (subject to hydrolysis) is 1. The fourth-order valence-corrected chi connectivity index (χ4v) is 2.05. The van der Waals surface area contributed by atoms with Crippen LogP contribution >= 0.6 is 0 Å². The van der Waals surface area contributed by atoms with Crippen molar-refractivity contribution in [1.82, 2.24) is 5.32 Å². The molecule has 0 atom stereocenters. The largest absolute Gasteiger partial charge is 0.493 e. The van der Waals surface area contributed by atoms with Crippen molar-refractivity contribution in [2.45, 2.75) is 60.0 Å². The molecule has 0 heterocycles. The number of nitrogens with one attached hydrogen (secondary N) is 1. The first-order valence-corrected chi connectivity index (χ1v) is 8.22. The van der Waals surface area contributed by atoms with Gasteiger partial charge in [0, 0.05) is 6.54 Å². The Labute approximate surface area is 134 Å². The Morgan fingerprint density at radius 1 is 1.09 bits per heavy atom. The van der Waals surface area contributed by atoms with Crippen molar-refractivity contribution in [3.05, 3.63) is 28.8 Å². The van der Waals surface area contributed by atoms with E-state index in [0.717, 1.165) is 54.7 Å². The number of rotatable bonds is 9. The van der Waals surface area contributed by atoms with E-state index >= 15 is 0 Å². The van der Waals surface area contributed by atoms with Gasteiger partial charge in [0.15, 0.2) is 0 Å². The lowest BCUT2D eigenvalue weighted by Gasteiger charge is -2.14. The minimum Gasteiger partial charge on any atom is -0.493 e. The Morgan fingerprint density at radius 2 is 1.82 bits per heavy atom. The highest BCUT2D eigenvalue weighted by Gasteiger charge is 2.08. The topological polar surface area (TPSA) is 47.6 Å². The third-order valence-electron chi connectivity index (χ3n) is 3.55. The van der Waals surface area contributed by atoms with Gasteiger partial charge in [-0.2, -0.15) is 0 Å². The van der Waals surface area contributed by atoms with E-state index in [4.69, 9.17) is 9.47 Å². The summed E-state index contributed by atoms with van der Waals surface area (Å²) in [6, 6.07) is 4.06. The van der Waals surface area contributed by atoms with E-state index in [1.165, 1.54) is 0 Å². The predicted octanol–water partition coefficient (Wildman–Crippen LogP) is 4.51. The predicted molar refractivity (Wildman–Crippen MR) is 89.4 cm³/mol. The molecule has 1 aromatic carbocycles. The highest BCUT2D eigenvalue weighted by atomic mass is 16.5. The van der Waals surface area contributed by atoms with E-state index in [1.807, 2.05) is 26.0 Å². The molecule has 0 bridgehead atoms. The van der Waals surface area contributed by atoms with Gasteiger partial charge in [-0.15, -0.1) is 0 Å². The Morgan fingerprint density at radius 3 is 2.50 bits per heavy atom. The molecule has 1 aromatic rings. The standard InChI is InChI=1S/C18H29NO3/c1-5-7-9-19-18(20)22-13-16-11-15(4)17(12-14(16)3)21-10-8-6-2/h11-12H,5-10,13H2,1-4H3,(H,19,20). The van der Waals surface area contributed by atoms with Gasteiger partial charge in [0.05, 0.1) is 6.61 Å². The molecule has 0 radical (unpaired) electrons. The number of carbonyl (C=O) groups is 1. The molecular weight excluding hydrogens is 278 g/mol. The first kappa shape index (κ1) is 18.3. The normalized spacial score (nSPS) is 10.4. The van der Waals surface area contributed by atoms with Crippen molar-refractivity contribution in [3.8, 4) is 5.75 Å². The van der Waals surface area contributed by atoms with Crippen molar-refractivity contribution < 1.29 is 14.3 Å². The summed E-state index contributed by atoms with van der Waals surface area (Å²) >= 11 is 0. The molecular formula is C18H29NO3. The molecule has 0 fully saturated rings. The van der Waals surface area contributed by atoms with E-state index in [0.29, 0.717) is 13.2 Å². The maximum absolute atomic E-state index is 11.6. The van der Waals surface area contributed by atoms with Crippen LogP contribution in [0.15, 0.2) is 12.1 Å². The Balaban J connectivity index is 2.53. The van der Waals surface area contributed by atoms with Gasteiger partial charge < -0.3 is 14.8 Å². The van der Waals surface area contributed by atoms with E-state index in [9.17, 15) is 4.79 Å². The molecule has 0 aliphatic rings. The molecule has 124 valence electrons. The molecule has 1 N–H and O–H groups in total. The van der Waals surface area contributed by atoms with Crippen LogP contribution in [0.4, 0.5) is 4.79 Å². The molecule has 0 aromatic heterocycles. The summed E-state index contributed by atoms with van der Waals surface area (Å²) in [5.41, 5.74) is 3.18. The van der Waals surface area contributed by atoms with Crippen molar-refractivity contribution in [2.75, 3.05) is 13.2 Å². The SMILES string of the molecule is CCCCNC(=O)OCc1cc(C)c(OCCCC)cc1C. The van der Waals surface area contributed by atoms with Crippen molar-refractivity contribution >= 4 is 6.09 Å². The smallest absolute Gasteiger partial charge is 0.407 e. The molecule has 1 rings (SSSR count). The van der Waals surface area contributed by atoms with E-state index < -0.39 is 0 Å². The lowest BCUT2D eigenvalue weighted by atomic mass is 10.1. The second-order valence-electron chi connectivity index (χ2n) is 5.60. The monoisotopic (exact) mass is 307 g/mol. The van der Waals surface area contributed by atoms with Crippen molar-refractivity contribution in [1.29, 1.82) is 0 Å². The Kier molecular flexibility index (Phi) is 8.41. The number of hydrogen-bond donors (Lipinski definition) is 1. The fourth-order valence-electron chi connectivity index (χ4n) is 2.05. The van der Waals surface area contributed by atoms with Crippen LogP contribution in [0.3, 0.4) is 0 Å². The second-order valence-corrected chi connectivity index (χ2v) is 5.60. The van der Waals surface area contributed by atoms with Gasteiger partial charge in [0.25, 0.3) is 0 Å². The fraction of sp³-hybridized carbons (Fsp3) is 0.611. The third kappa shape index (κ3) is 6.37. The first-order chi connectivity index (χ1) is 10.6. The second kappa shape index (κ2) is 10.1. The summed E-state index contributed by atoms with van der Waals surface area (Å²) in [7, 11) is 0. The van der Waals surface area contributed by atoms with Crippen LogP contribution in [-0.4, -0.2) is 19.2 Å².